The summed E-state index contributed by atoms with van der Waals surface area (Å²) in [6.07, 6.45) is 3.19. The third-order valence-electron chi connectivity index (χ3n) is 3.89. The number of halogens is 1. The number of nitrogens with one attached hydrogen (secondary N) is 1. The van der Waals surface area contributed by atoms with E-state index in [0.717, 1.165) is 47.4 Å². The maximum Gasteiger partial charge on any atom is 0.246 e. The molecule has 0 aliphatic carbocycles. The fourth-order valence-electron chi connectivity index (χ4n) is 2.65. The molecule has 4 nitrogen and oxygen atoms in total. The van der Waals surface area contributed by atoms with Crippen LogP contribution >= 0.6 is 23.4 Å². The van der Waals surface area contributed by atoms with Crippen LogP contribution < -0.4 is 5.32 Å². The second-order valence-electron chi connectivity index (χ2n) is 5.23. The van der Waals surface area contributed by atoms with Crippen molar-refractivity contribution >= 4 is 23.4 Å². The van der Waals surface area contributed by atoms with Gasteiger partial charge < -0.3 is 9.84 Å². The van der Waals surface area contributed by atoms with Gasteiger partial charge in [-0.3, -0.25) is 0 Å². The van der Waals surface area contributed by atoms with Gasteiger partial charge in [-0.05, 0) is 44.0 Å². The van der Waals surface area contributed by atoms with E-state index in [4.69, 9.17) is 16.1 Å². The Labute approximate surface area is 133 Å². The van der Waals surface area contributed by atoms with Crippen molar-refractivity contribution in [2.45, 2.75) is 42.4 Å². The smallest absolute Gasteiger partial charge is 0.246 e. The Kier molecular flexibility index (Phi) is 4.52. The molecule has 0 spiro atoms. The van der Waals surface area contributed by atoms with E-state index in [1.165, 1.54) is 0 Å². The van der Waals surface area contributed by atoms with Crippen LogP contribution in [0.1, 0.15) is 37.9 Å². The number of aromatic nitrogens is 2. The molecule has 3 rings (SSSR count). The Morgan fingerprint density at radius 3 is 3.10 bits per heavy atom. The molecule has 21 heavy (non-hydrogen) atoms. The fourth-order valence-corrected chi connectivity index (χ4v) is 3.71. The molecule has 1 aliphatic rings. The normalized spacial score (nSPS) is 21.8. The summed E-state index contributed by atoms with van der Waals surface area (Å²) in [7, 11) is 0. The lowest BCUT2D eigenvalue weighted by molar-refractivity contribution is 0.249. The SMILES string of the molecule is CCC1(c2nc(CSc3cccc(Cl)c3)no2)CCCN1. The van der Waals surface area contributed by atoms with Gasteiger partial charge in [0.05, 0.1) is 11.3 Å². The van der Waals surface area contributed by atoms with Gasteiger partial charge in [0, 0.05) is 9.92 Å². The van der Waals surface area contributed by atoms with Gasteiger partial charge in [0.15, 0.2) is 5.82 Å². The molecule has 1 aliphatic heterocycles. The molecule has 2 heterocycles. The van der Waals surface area contributed by atoms with Crippen LogP contribution in [0, 0.1) is 0 Å². The minimum Gasteiger partial charge on any atom is -0.337 e. The highest BCUT2D eigenvalue weighted by atomic mass is 35.5. The van der Waals surface area contributed by atoms with E-state index in [2.05, 4.69) is 22.4 Å². The maximum absolute atomic E-state index is 5.98. The van der Waals surface area contributed by atoms with Crippen molar-refractivity contribution in [3.8, 4) is 0 Å². The zero-order valence-corrected chi connectivity index (χ0v) is 13.5. The number of thioether (sulfide) groups is 1. The maximum atomic E-state index is 5.98. The molecule has 1 atom stereocenters. The van der Waals surface area contributed by atoms with Crippen LogP contribution in [-0.4, -0.2) is 16.7 Å². The highest BCUT2D eigenvalue weighted by Crippen LogP contribution is 2.33. The van der Waals surface area contributed by atoms with Gasteiger partial charge in [-0.15, -0.1) is 11.8 Å². The lowest BCUT2D eigenvalue weighted by Gasteiger charge is -2.22. The second-order valence-corrected chi connectivity index (χ2v) is 6.71. The standard InChI is InChI=1S/C15H18ClN3OS/c1-2-15(7-4-8-17-15)14-18-13(19-20-14)10-21-12-6-3-5-11(16)9-12/h3,5-6,9,17H,2,4,7-8,10H2,1H3. The molecule has 1 aromatic heterocycles. The molecule has 1 N–H and O–H groups in total. The number of rotatable bonds is 5. The summed E-state index contributed by atoms with van der Waals surface area (Å²) in [5, 5.41) is 8.37. The third kappa shape index (κ3) is 3.25. The molecule has 0 saturated carbocycles. The van der Waals surface area contributed by atoms with E-state index in [0.29, 0.717) is 5.75 Å². The van der Waals surface area contributed by atoms with Crippen LogP contribution in [0.15, 0.2) is 33.7 Å². The third-order valence-corrected chi connectivity index (χ3v) is 5.11. The van der Waals surface area contributed by atoms with E-state index < -0.39 is 0 Å². The molecule has 1 fully saturated rings. The number of hydrogen-bond donors (Lipinski definition) is 1. The van der Waals surface area contributed by atoms with E-state index >= 15 is 0 Å². The first-order chi connectivity index (χ1) is 10.2. The van der Waals surface area contributed by atoms with Crippen molar-refractivity contribution in [1.82, 2.24) is 15.5 Å². The Hall–Kier alpha value is -1.04. The van der Waals surface area contributed by atoms with Gasteiger partial charge in [0.1, 0.15) is 0 Å². The molecule has 6 heteroatoms. The monoisotopic (exact) mass is 323 g/mol. The molecular weight excluding hydrogens is 306 g/mol. The molecule has 2 aromatic rings. The van der Waals surface area contributed by atoms with Crippen LogP contribution in [0.2, 0.25) is 5.02 Å². The summed E-state index contributed by atoms with van der Waals surface area (Å²) in [6, 6.07) is 7.79. The predicted molar refractivity (Wildman–Crippen MR) is 84.5 cm³/mol. The van der Waals surface area contributed by atoms with Crippen LogP contribution in [0.4, 0.5) is 0 Å². The highest BCUT2D eigenvalue weighted by Gasteiger charge is 2.38. The van der Waals surface area contributed by atoms with Gasteiger partial charge in [-0.25, -0.2) is 0 Å². The van der Waals surface area contributed by atoms with Crippen LogP contribution in [0.5, 0.6) is 0 Å². The van der Waals surface area contributed by atoms with Crippen LogP contribution in [0.3, 0.4) is 0 Å². The van der Waals surface area contributed by atoms with Gasteiger partial charge in [-0.1, -0.05) is 29.7 Å². The lowest BCUT2D eigenvalue weighted by Crippen LogP contribution is -2.36. The number of benzene rings is 1. The topological polar surface area (TPSA) is 51.0 Å². The zero-order chi connectivity index (χ0) is 14.7. The summed E-state index contributed by atoms with van der Waals surface area (Å²) >= 11 is 7.64. The predicted octanol–water partition coefficient (Wildman–Crippen LogP) is 4.00. The van der Waals surface area contributed by atoms with Gasteiger partial charge in [0.25, 0.3) is 0 Å². The first kappa shape index (κ1) is 14.9. The van der Waals surface area contributed by atoms with Gasteiger partial charge in [-0.2, -0.15) is 4.98 Å². The Morgan fingerprint density at radius 2 is 2.38 bits per heavy atom. The fraction of sp³-hybridized carbons (Fsp3) is 0.467. The quantitative estimate of drug-likeness (QED) is 0.843. The first-order valence-electron chi connectivity index (χ1n) is 7.18. The van der Waals surface area contributed by atoms with Crippen molar-refractivity contribution in [1.29, 1.82) is 0 Å². The van der Waals surface area contributed by atoms with E-state index in [9.17, 15) is 0 Å². The Bertz CT molecular complexity index is 610. The number of hydrogen-bond acceptors (Lipinski definition) is 5. The summed E-state index contributed by atoms with van der Waals surface area (Å²) in [5.41, 5.74) is -0.119. The molecule has 112 valence electrons. The van der Waals surface area contributed by atoms with Crippen molar-refractivity contribution < 1.29 is 4.52 Å². The second kappa shape index (κ2) is 6.38. The minimum absolute atomic E-state index is 0.119. The molecule has 0 radical (unpaired) electrons. The van der Waals surface area contributed by atoms with Crippen LogP contribution in [0.25, 0.3) is 0 Å². The van der Waals surface area contributed by atoms with Crippen molar-refractivity contribution in [2.75, 3.05) is 6.54 Å². The first-order valence-corrected chi connectivity index (χ1v) is 8.55. The Balaban J connectivity index is 1.68. The van der Waals surface area contributed by atoms with Crippen molar-refractivity contribution in [3.63, 3.8) is 0 Å². The molecular formula is C15H18ClN3OS. The van der Waals surface area contributed by atoms with Crippen molar-refractivity contribution in [3.05, 3.63) is 41.0 Å². The summed E-state index contributed by atoms with van der Waals surface area (Å²) in [4.78, 5) is 5.69. The average molecular weight is 324 g/mol. The van der Waals surface area contributed by atoms with Gasteiger partial charge in [0.2, 0.25) is 5.89 Å². The minimum atomic E-state index is -0.119. The molecule has 0 amide bonds. The summed E-state index contributed by atoms with van der Waals surface area (Å²) < 4.78 is 5.49. The van der Waals surface area contributed by atoms with E-state index in [-0.39, 0.29) is 5.54 Å². The highest BCUT2D eigenvalue weighted by molar-refractivity contribution is 7.98. The molecule has 0 bridgehead atoms. The van der Waals surface area contributed by atoms with E-state index in [1.54, 1.807) is 11.8 Å². The number of nitrogens with zero attached hydrogens (tertiary/aromatic N) is 2. The Morgan fingerprint density at radius 1 is 1.48 bits per heavy atom. The van der Waals surface area contributed by atoms with E-state index in [1.807, 2.05) is 24.3 Å². The average Bonchev–Trinajstić information content (AvgIpc) is 3.15. The zero-order valence-electron chi connectivity index (χ0n) is 11.9. The largest absolute Gasteiger partial charge is 0.337 e. The molecule has 1 saturated heterocycles. The molecule has 1 aromatic carbocycles. The van der Waals surface area contributed by atoms with Crippen LogP contribution in [-0.2, 0) is 11.3 Å². The van der Waals surface area contributed by atoms with Crippen molar-refractivity contribution in [2.24, 2.45) is 0 Å². The summed E-state index contributed by atoms with van der Waals surface area (Å²) in [5.74, 6) is 2.14. The lowest BCUT2D eigenvalue weighted by atomic mass is 9.94. The summed E-state index contributed by atoms with van der Waals surface area (Å²) in [6.45, 7) is 3.17. The van der Waals surface area contributed by atoms with Gasteiger partial charge >= 0.3 is 0 Å². The molecule has 1 unspecified atom stereocenters.